The number of hydrogen-bond acceptors (Lipinski definition) is 4. The monoisotopic (exact) mass is 350 g/mol. The normalized spacial score (nSPS) is 19.7. The zero-order valence-corrected chi connectivity index (χ0v) is 15.4. The van der Waals surface area contributed by atoms with Crippen LogP contribution in [-0.2, 0) is 17.6 Å². The number of piperidine rings is 1. The number of fused-ring (bicyclic) bond motifs is 1. The van der Waals surface area contributed by atoms with E-state index in [1.807, 2.05) is 37.4 Å². The highest BCUT2D eigenvalue weighted by molar-refractivity contribution is 5.92. The van der Waals surface area contributed by atoms with E-state index in [1.165, 1.54) is 24.8 Å². The van der Waals surface area contributed by atoms with Crippen LogP contribution >= 0.6 is 0 Å². The Morgan fingerprint density at radius 3 is 2.69 bits per heavy atom. The predicted octanol–water partition coefficient (Wildman–Crippen LogP) is 3.52. The van der Waals surface area contributed by atoms with Crippen LogP contribution in [0.15, 0.2) is 30.5 Å². The van der Waals surface area contributed by atoms with Gasteiger partial charge >= 0.3 is 0 Å². The third kappa shape index (κ3) is 3.71. The molecule has 5 heteroatoms. The number of nitrogens with one attached hydrogen (secondary N) is 1. The molecule has 1 aliphatic carbocycles. The van der Waals surface area contributed by atoms with Gasteiger partial charge in [-0.2, -0.15) is 0 Å². The molecular formula is C21H26N4O. The smallest absolute Gasteiger partial charge is 0.227 e. The van der Waals surface area contributed by atoms with E-state index in [4.69, 9.17) is 4.98 Å². The number of amides is 1. The lowest BCUT2D eigenvalue weighted by Crippen LogP contribution is -2.32. The van der Waals surface area contributed by atoms with Gasteiger partial charge in [-0.1, -0.05) is 17.7 Å². The number of carbonyl (C=O) groups excluding carboxylic acids is 1. The van der Waals surface area contributed by atoms with Gasteiger partial charge < -0.3 is 10.2 Å². The molecule has 1 N–H and O–H groups in total. The van der Waals surface area contributed by atoms with Crippen molar-refractivity contribution in [3.63, 3.8) is 0 Å². The van der Waals surface area contributed by atoms with Crippen molar-refractivity contribution in [3.05, 3.63) is 47.3 Å². The number of hydrogen-bond donors (Lipinski definition) is 1. The van der Waals surface area contributed by atoms with E-state index >= 15 is 0 Å². The fourth-order valence-corrected chi connectivity index (χ4v) is 3.85. The summed E-state index contributed by atoms with van der Waals surface area (Å²) in [4.78, 5) is 24.3. The molecule has 1 aliphatic heterocycles. The summed E-state index contributed by atoms with van der Waals surface area (Å²) in [6.07, 6.45) is 8.12. The average molecular weight is 350 g/mol. The maximum atomic E-state index is 12.6. The highest BCUT2D eigenvalue weighted by Gasteiger charge is 2.27. The maximum Gasteiger partial charge on any atom is 0.227 e. The van der Waals surface area contributed by atoms with Crippen molar-refractivity contribution in [2.45, 2.75) is 45.4 Å². The van der Waals surface area contributed by atoms with Crippen LogP contribution < -0.4 is 10.2 Å². The Morgan fingerprint density at radius 2 is 1.92 bits per heavy atom. The first kappa shape index (κ1) is 17.0. The van der Waals surface area contributed by atoms with Gasteiger partial charge in [0.05, 0.1) is 0 Å². The summed E-state index contributed by atoms with van der Waals surface area (Å²) in [5.41, 5.74) is 4.31. The molecule has 1 atom stereocenters. The van der Waals surface area contributed by atoms with Gasteiger partial charge in [-0.25, -0.2) is 9.97 Å². The Balaban J connectivity index is 1.42. The molecule has 1 aromatic heterocycles. The highest BCUT2D eigenvalue weighted by atomic mass is 16.1. The molecule has 0 saturated carbocycles. The minimum Gasteiger partial charge on any atom is -0.341 e. The minimum absolute atomic E-state index is 0.00626. The first-order valence-electron chi connectivity index (χ1n) is 9.66. The number of nitrogens with zero attached hydrogens (tertiary/aromatic N) is 3. The molecule has 1 aromatic carbocycles. The fraction of sp³-hybridized carbons (Fsp3) is 0.476. The van der Waals surface area contributed by atoms with Crippen LogP contribution in [-0.4, -0.2) is 29.0 Å². The number of aromatic nitrogens is 2. The first-order chi connectivity index (χ1) is 12.7. The molecule has 1 fully saturated rings. The van der Waals surface area contributed by atoms with Gasteiger partial charge in [-0.15, -0.1) is 0 Å². The molecule has 2 aromatic rings. The minimum atomic E-state index is -0.00626. The van der Waals surface area contributed by atoms with Crippen molar-refractivity contribution >= 4 is 17.5 Å². The molecule has 4 rings (SSSR count). The van der Waals surface area contributed by atoms with Crippen molar-refractivity contribution in [3.8, 4) is 0 Å². The summed E-state index contributed by atoms with van der Waals surface area (Å²) >= 11 is 0. The van der Waals surface area contributed by atoms with Gasteiger partial charge in [0.1, 0.15) is 0 Å². The summed E-state index contributed by atoms with van der Waals surface area (Å²) in [6, 6.07) is 7.94. The van der Waals surface area contributed by atoms with Crippen LogP contribution in [0.25, 0.3) is 0 Å². The number of carbonyl (C=O) groups is 1. The van der Waals surface area contributed by atoms with Crippen LogP contribution in [0, 0.1) is 12.8 Å². The Bertz CT molecular complexity index is 781. The molecule has 5 nitrogen and oxygen atoms in total. The topological polar surface area (TPSA) is 58.1 Å². The molecular weight excluding hydrogens is 324 g/mol. The van der Waals surface area contributed by atoms with Crippen LogP contribution in [0.1, 0.15) is 42.5 Å². The quantitative estimate of drug-likeness (QED) is 0.920. The van der Waals surface area contributed by atoms with E-state index in [9.17, 15) is 4.79 Å². The first-order valence-corrected chi connectivity index (χ1v) is 9.66. The van der Waals surface area contributed by atoms with E-state index in [1.54, 1.807) is 0 Å². The number of benzene rings is 1. The molecule has 2 heterocycles. The summed E-state index contributed by atoms with van der Waals surface area (Å²) in [6.45, 7) is 4.16. The van der Waals surface area contributed by atoms with Crippen molar-refractivity contribution < 1.29 is 4.79 Å². The molecule has 0 radical (unpaired) electrons. The fourth-order valence-electron chi connectivity index (χ4n) is 3.85. The highest BCUT2D eigenvalue weighted by Crippen LogP contribution is 2.27. The Labute approximate surface area is 154 Å². The molecule has 2 aliphatic rings. The lowest BCUT2D eigenvalue weighted by molar-refractivity contribution is -0.120. The van der Waals surface area contributed by atoms with Gasteiger partial charge in [0.25, 0.3) is 0 Å². The zero-order chi connectivity index (χ0) is 17.9. The predicted molar refractivity (Wildman–Crippen MR) is 103 cm³/mol. The van der Waals surface area contributed by atoms with Gasteiger partial charge in [-0.3, -0.25) is 4.79 Å². The largest absolute Gasteiger partial charge is 0.341 e. The Morgan fingerprint density at radius 1 is 1.15 bits per heavy atom. The summed E-state index contributed by atoms with van der Waals surface area (Å²) in [5.74, 6) is 0.957. The standard InChI is InChI=1S/C21H26N4O/c1-15-5-8-18(9-6-15)23-20(26)16-7-10-19-17(13-16)14-22-21(24-19)25-11-3-2-4-12-25/h5-6,8-9,14,16H,2-4,7,10-13H2,1H3,(H,23,26)/t16-/m1/s1. The number of anilines is 2. The molecule has 1 saturated heterocycles. The zero-order valence-electron chi connectivity index (χ0n) is 15.4. The lowest BCUT2D eigenvalue weighted by atomic mass is 9.86. The van der Waals surface area contributed by atoms with E-state index in [0.29, 0.717) is 0 Å². The van der Waals surface area contributed by atoms with Gasteiger partial charge in [0.2, 0.25) is 11.9 Å². The van der Waals surface area contributed by atoms with Crippen LogP contribution in [0.2, 0.25) is 0 Å². The van der Waals surface area contributed by atoms with Crippen molar-refractivity contribution in [2.75, 3.05) is 23.3 Å². The Kier molecular flexibility index (Phi) is 4.87. The average Bonchev–Trinajstić information content (AvgIpc) is 2.69. The maximum absolute atomic E-state index is 12.6. The number of aryl methyl sites for hydroxylation is 2. The number of rotatable bonds is 3. The molecule has 136 valence electrons. The molecule has 1 amide bonds. The third-order valence-electron chi connectivity index (χ3n) is 5.47. The SMILES string of the molecule is Cc1ccc(NC(=O)[C@@H]2CCc3nc(N4CCCCC4)ncc3C2)cc1. The van der Waals surface area contributed by atoms with E-state index in [-0.39, 0.29) is 11.8 Å². The molecule has 0 bridgehead atoms. The summed E-state index contributed by atoms with van der Waals surface area (Å²) in [5, 5.41) is 3.04. The van der Waals surface area contributed by atoms with Crippen molar-refractivity contribution in [1.29, 1.82) is 0 Å². The van der Waals surface area contributed by atoms with E-state index in [0.717, 1.165) is 55.2 Å². The molecule has 0 spiro atoms. The lowest BCUT2D eigenvalue weighted by Gasteiger charge is -2.28. The Hall–Kier alpha value is -2.43. The second-order valence-electron chi connectivity index (χ2n) is 7.48. The van der Waals surface area contributed by atoms with E-state index < -0.39 is 0 Å². The molecule has 26 heavy (non-hydrogen) atoms. The van der Waals surface area contributed by atoms with Gasteiger partial charge in [0, 0.05) is 36.6 Å². The van der Waals surface area contributed by atoms with Gasteiger partial charge in [0.15, 0.2) is 0 Å². The van der Waals surface area contributed by atoms with Crippen LogP contribution in [0.5, 0.6) is 0 Å². The van der Waals surface area contributed by atoms with E-state index in [2.05, 4.69) is 15.2 Å². The molecule has 0 unspecified atom stereocenters. The van der Waals surface area contributed by atoms with Crippen LogP contribution in [0.3, 0.4) is 0 Å². The second kappa shape index (κ2) is 7.44. The summed E-state index contributed by atoms with van der Waals surface area (Å²) < 4.78 is 0. The second-order valence-corrected chi connectivity index (χ2v) is 7.48. The van der Waals surface area contributed by atoms with Crippen LogP contribution in [0.4, 0.5) is 11.6 Å². The van der Waals surface area contributed by atoms with Gasteiger partial charge in [-0.05, 0) is 63.1 Å². The van der Waals surface area contributed by atoms with Crippen molar-refractivity contribution in [1.82, 2.24) is 9.97 Å². The summed E-state index contributed by atoms with van der Waals surface area (Å²) in [7, 11) is 0. The third-order valence-corrected chi connectivity index (χ3v) is 5.47. The van der Waals surface area contributed by atoms with Crippen molar-refractivity contribution in [2.24, 2.45) is 5.92 Å².